The van der Waals surface area contributed by atoms with Crippen molar-refractivity contribution in [1.82, 2.24) is 5.32 Å². The van der Waals surface area contributed by atoms with Gasteiger partial charge in [0, 0.05) is 14.7 Å². The molecule has 0 bridgehead atoms. The van der Waals surface area contributed by atoms with Gasteiger partial charge in [0.1, 0.15) is 0 Å². The Labute approximate surface area is 105 Å². The van der Waals surface area contributed by atoms with Gasteiger partial charge in [-0.1, -0.05) is 13.8 Å². The topological polar surface area (TPSA) is 12.0 Å². The molecule has 15 heavy (non-hydrogen) atoms. The molecule has 3 heteroatoms. The summed E-state index contributed by atoms with van der Waals surface area (Å²) in [5.74, 6) is 0.775. The fourth-order valence-electron chi connectivity index (χ4n) is 1.50. The molecule has 1 atom stereocenters. The summed E-state index contributed by atoms with van der Waals surface area (Å²) in [6, 6.07) is 2.23. The van der Waals surface area contributed by atoms with Gasteiger partial charge in [-0.25, -0.2) is 0 Å². The molecule has 1 unspecified atom stereocenters. The zero-order valence-corrected chi connectivity index (χ0v) is 12.0. The molecular formula is C12H20BrNS. The van der Waals surface area contributed by atoms with Gasteiger partial charge in [-0.05, 0) is 60.3 Å². The van der Waals surface area contributed by atoms with Crippen LogP contribution in [0, 0.1) is 5.92 Å². The van der Waals surface area contributed by atoms with E-state index in [-0.39, 0.29) is 0 Å². The molecule has 86 valence electrons. The number of hydrogen-bond acceptors (Lipinski definition) is 2. The number of hydrogen-bond donors (Lipinski definition) is 1. The zero-order valence-electron chi connectivity index (χ0n) is 9.55. The molecule has 0 aliphatic heterocycles. The van der Waals surface area contributed by atoms with E-state index in [1.165, 1.54) is 28.6 Å². The summed E-state index contributed by atoms with van der Waals surface area (Å²) in [4.78, 5) is 1.49. The van der Waals surface area contributed by atoms with Crippen molar-refractivity contribution in [2.45, 2.75) is 33.1 Å². The maximum Gasteiger partial charge on any atom is 0.0285 e. The minimum Gasteiger partial charge on any atom is -0.316 e. The van der Waals surface area contributed by atoms with Crippen LogP contribution in [-0.2, 0) is 6.42 Å². The van der Waals surface area contributed by atoms with E-state index < -0.39 is 0 Å². The van der Waals surface area contributed by atoms with E-state index >= 15 is 0 Å². The highest BCUT2D eigenvalue weighted by Gasteiger charge is 2.03. The lowest BCUT2D eigenvalue weighted by molar-refractivity contribution is 0.483. The van der Waals surface area contributed by atoms with Crippen molar-refractivity contribution >= 4 is 27.3 Å². The van der Waals surface area contributed by atoms with Gasteiger partial charge < -0.3 is 5.32 Å². The first kappa shape index (κ1) is 13.2. The molecule has 0 saturated heterocycles. The average molecular weight is 290 g/mol. The second-order valence-electron chi connectivity index (χ2n) is 4.08. The van der Waals surface area contributed by atoms with E-state index in [0.29, 0.717) is 0 Å². The van der Waals surface area contributed by atoms with Crippen molar-refractivity contribution in [3.05, 3.63) is 20.8 Å². The summed E-state index contributed by atoms with van der Waals surface area (Å²) in [6.45, 7) is 6.83. The van der Waals surface area contributed by atoms with E-state index in [1.807, 2.05) is 11.3 Å². The van der Waals surface area contributed by atoms with Gasteiger partial charge in [0.25, 0.3) is 0 Å². The van der Waals surface area contributed by atoms with Gasteiger partial charge in [0.2, 0.25) is 0 Å². The second kappa shape index (κ2) is 7.42. The Kier molecular flexibility index (Phi) is 6.53. The van der Waals surface area contributed by atoms with Gasteiger partial charge >= 0.3 is 0 Å². The van der Waals surface area contributed by atoms with Crippen LogP contribution in [0.25, 0.3) is 0 Å². The van der Waals surface area contributed by atoms with Gasteiger partial charge in [-0.2, -0.15) is 0 Å². The molecule has 1 N–H and O–H groups in total. The number of rotatable bonds is 7. The summed E-state index contributed by atoms with van der Waals surface area (Å²) in [5, 5.41) is 5.63. The maximum atomic E-state index is 3.49. The number of halogens is 1. The van der Waals surface area contributed by atoms with E-state index in [9.17, 15) is 0 Å². The second-order valence-corrected chi connectivity index (χ2v) is 5.99. The first-order valence-electron chi connectivity index (χ1n) is 5.66. The van der Waals surface area contributed by atoms with Crippen molar-refractivity contribution in [2.24, 2.45) is 5.92 Å². The Hall–Kier alpha value is 0.140. The predicted octanol–water partition coefficient (Wildman–Crippen LogP) is 4.08. The molecule has 1 rings (SSSR count). The number of nitrogens with one attached hydrogen (secondary N) is 1. The molecule has 0 radical (unpaired) electrons. The predicted molar refractivity (Wildman–Crippen MR) is 72.7 cm³/mol. The molecule has 1 heterocycles. The molecule has 0 saturated carbocycles. The number of thiophene rings is 1. The first-order valence-corrected chi connectivity index (χ1v) is 7.33. The monoisotopic (exact) mass is 289 g/mol. The summed E-state index contributed by atoms with van der Waals surface area (Å²) in [7, 11) is 0. The molecule has 0 fully saturated rings. The van der Waals surface area contributed by atoms with Crippen LogP contribution in [0.15, 0.2) is 15.9 Å². The van der Waals surface area contributed by atoms with E-state index in [4.69, 9.17) is 0 Å². The van der Waals surface area contributed by atoms with Crippen LogP contribution in [-0.4, -0.2) is 13.1 Å². The van der Waals surface area contributed by atoms with Gasteiger partial charge in [-0.15, -0.1) is 11.3 Å². The highest BCUT2D eigenvalue weighted by Crippen LogP contribution is 2.21. The lowest BCUT2D eigenvalue weighted by Gasteiger charge is -2.11. The molecule has 1 aromatic rings. The Balaban J connectivity index is 2.13. The van der Waals surface area contributed by atoms with Crippen LogP contribution >= 0.6 is 27.3 Å². The van der Waals surface area contributed by atoms with Crippen LogP contribution in [0.1, 0.15) is 31.6 Å². The molecule has 0 aliphatic carbocycles. The van der Waals surface area contributed by atoms with E-state index in [1.54, 1.807) is 0 Å². The molecular weight excluding hydrogens is 270 g/mol. The Morgan fingerprint density at radius 1 is 1.53 bits per heavy atom. The smallest absolute Gasteiger partial charge is 0.0285 e. The quantitative estimate of drug-likeness (QED) is 0.746. The standard InChI is InChI=1S/C12H20BrNS/c1-3-6-14-8-10(2)4-5-12-7-11(13)9-15-12/h7,9-10,14H,3-6,8H2,1-2H3. The molecule has 1 nitrogen and oxygen atoms in total. The van der Waals surface area contributed by atoms with Crippen molar-refractivity contribution in [3.63, 3.8) is 0 Å². The van der Waals surface area contributed by atoms with Crippen molar-refractivity contribution in [1.29, 1.82) is 0 Å². The third-order valence-corrected chi connectivity index (χ3v) is 4.18. The zero-order chi connectivity index (χ0) is 11.1. The average Bonchev–Trinajstić information content (AvgIpc) is 2.62. The summed E-state index contributed by atoms with van der Waals surface area (Å²) in [5.41, 5.74) is 0. The van der Waals surface area contributed by atoms with E-state index in [0.717, 1.165) is 19.0 Å². The Bertz CT molecular complexity index is 272. The summed E-state index contributed by atoms with van der Waals surface area (Å²) < 4.78 is 1.22. The first-order chi connectivity index (χ1) is 7.22. The van der Waals surface area contributed by atoms with Crippen LogP contribution in [0.3, 0.4) is 0 Å². The highest BCUT2D eigenvalue weighted by molar-refractivity contribution is 9.10. The largest absolute Gasteiger partial charge is 0.316 e. The van der Waals surface area contributed by atoms with Gasteiger partial charge in [0.15, 0.2) is 0 Å². The fraction of sp³-hybridized carbons (Fsp3) is 0.667. The molecule has 0 aliphatic rings. The van der Waals surface area contributed by atoms with Crippen molar-refractivity contribution in [2.75, 3.05) is 13.1 Å². The minimum atomic E-state index is 0.775. The lowest BCUT2D eigenvalue weighted by Crippen LogP contribution is -2.22. The van der Waals surface area contributed by atoms with Gasteiger partial charge in [-0.3, -0.25) is 0 Å². The van der Waals surface area contributed by atoms with E-state index in [2.05, 4.69) is 46.5 Å². The molecule has 0 spiro atoms. The van der Waals surface area contributed by atoms with Crippen molar-refractivity contribution in [3.8, 4) is 0 Å². The SMILES string of the molecule is CCCNCC(C)CCc1cc(Br)cs1. The van der Waals surface area contributed by atoms with Crippen LogP contribution < -0.4 is 5.32 Å². The maximum absolute atomic E-state index is 3.49. The third kappa shape index (κ3) is 5.69. The third-order valence-electron chi connectivity index (χ3n) is 2.42. The summed E-state index contributed by atoms with van der Waals surface area (Å²) in [6.07, 6.45) is 3.72. The Morgan fingerprint density at radius 3 is 2.93 bits per heavy atom. The minimum absolute atomic E-state index is 0.775. The lowest BCUT2D eigenvalue weighted by atomic mass is 10.1. The normalized spacial score (nSPS) is 13.0. The van der Waals surface area contributed by atoms with Crippen LogP contribution in [0.5, 0.6) is 0 Å². The molecule has 1 aromatic heterocycles. The highest BCUT2D eigenvalue weighted by atomic mass is 79.9. The van der Waals surface area contributed by atoms with Crippen LogP contribution in [0.2, 0.25) is 0 Å². The number of aryl methyl sites for hydroxylation is 1. The van der Waals surface area contributed by atoms with Crippen LogP contribution in [0.4, 0.5) is 0 Å². The van der Waals surface area contributed by atoms with Crippen molar-refractivity contribution < 1.29 is 0 Å². The molecule has 0 aromatic carbocycles. The molecule has 0 amide bonds. The van der Waals surface area contributed by atoms with Gasteiger partial charge in [0.05, 0.1) is 0 Å². The summed E-state index contributed by atoms with van der Waals surface area (Å²) >= 11 is 5.34. The fourth-order valence-corrected chi connectivity index (χ4v) is 2.97. The Morgan fingerprint density at radius 2 is 2.33 bits per heavy atom.